The Kier molecular flexibility index (Phi) is 2.55. The number of hydrogen-bond donors (Lipinski definition) is 0. The molecule has 0 aromatic carbocycles. The molecule has 1 rings (SSSR count). The van der Waals surface area contributed by atoms with E-state index in [0.717, 1.165) is 15.9 Å². The van der Waals surface area contributed by atoms with Gasteiger partial charge in [0, 0.05) is 14.1 Å². The molecule has 1 aliphatic rings. The topological polar surface area (TPSA) is 66.9 Å². The molecule has 76 valence electrons. The van der Waals surface area contributed by atoms with Crippen molar-refractivity contribution in [3.8, 4) is 0 Å². The summed E-state index contributed by atoms with van der Waals surface area (Å²) < 4.78 is 4.36. The first-order chi connectivity index (χ1) is 6.49. The number of nitrogens with zero attached hydrogens (tertiary/aromatic N) is 2. The van der Waals surface area contributed by atoms with Gasteiger partial charge in [-0.25, -0.2) is 9.59 Å². The Morgan fingerprint density at radius 1 is 1.29 bits per heavy atom. The van der Waals surface area contributed by atoms with Gasteiger partial charge in [-0.15, -0.1) is 0 Å². The fraction of sp³-hybridized carbons (Fsp3) is 0.375. The molecule has 0 aromatic rings. The summed E-state index contributed by atoms with van der Waals surface area (Å²) in [6, 6.07) is -0.467. The SMILES string of the molecule is COC(=O)C=C1C(=O)N(C)C(=O)N1C. The number of likely N-dealkylation sites (N-methyl/N-ethyl adjacent to an activating group) is 2. The number of imide groups is 1. The molecule has 1 saturated heterocycles. The molecule has 3 amide bonds. The van der Waals surface area contributed by atoms with Gasteiger partial charge in [-0.3, -0.25) is 14.6 Å². The van der Waals surface area contributed by atoms with Crippen molar-refractivity contribution < 1.29 is 19.1 Å². The minimum atomic E-state index is -0.664. The van der Waals surface area contributed by atoms with Gasteiger partial charge in [0.2, 0.25) is 0 Å². The van der Waals surface area contributed by atoms with Crippen molar-refractivity contribution in [2.45, 2.75) is 0 Å². The number of ether oxygens (including phenoxy) is 1. The molecule has 0 bridgehead atoms. The predicted molar refractivity (Wildman–Crippen MR) is 46.0 cm³/mol. The van der Waals surface area contributed by atoms with Crippen LogP contribution in [0.2, 0.25) is 0 Å². The molecular formula is C8H10N2O4. The van der Waals surface area contributed by atoms with Crippen LogP contribution in [-0.4, -0.2) is 48.9 Å². The monoisotopic (exact) mass is 198 g/mol. The number of rotatable bonds is 1. The van der Waals surface area contributed by atoms with E-state index in [1.165, 1.54) is 21.2 Å². The maximum atomic E-state index is 11.4. The molecule has 0 spiro atoms. The Labute approximate surface area is 80.7 Å². The molecule has 0 unspecified atom stereocenters. The molecule has 1 aliphatic heterocycles. The Hall–Kier alpha value is -1.85. The molecule has 6 heteroatoms. The average molecular weight is 198 g/mol. The van der Waals surface area contributed by atoms with E-state index >= 15 is 0 Å². The quantitative estimate of drug-likeness (QED) is 0.325. The van der Waals surface area contributed by atoms with Gasteiger partial charge in [-0.05, 0) is 0 Å². The third kappa shape index (κ3) is 1.46. The van der Waals surface area contributed by atoms with E-state index in [4.69, 9.17) is 0 Å². The maximum absolute atomic E-state index is 11.4. The summed E-state index contributed by atoms with van der Waals surface area (Å²) in [6.45, 7) is 0. The highest BCUT2D eigenvalue weighted by atomic mass is 16.5. The van der Waals surface area contributed by atoms with E-state index in [9.17, 15) is 14.4 Å². The summed E-state index contributed by atoms with van der Waals surface area (Å²) in [7, 11) is 3.96. The normalized spacial score (nSPS) is 19.5. The smallest absolute Gasteiger partial charge is 0.332 e. The molecule has 0 saturated carbocycles. The Balaban J connectivity index is 3.01. The van der Waals surface area contributed by atoms with E-state index in [2.05, 4.69) is 4.74 Å². The summed E-state index contributed by atoms with van der Waals surface area (Å²) in [5.41, 5.74) is 0.0179. The second-order valence-electron chi connectivity index (χ2n) is 2.76. The molecular weight excluding hydrogens is 188 g/mol. The van der Waals surface area contributed by atoms with E-state index < -0.39 is 17.9 Å². The lowest BCUT2D eigenvalue weighted by atomic mass is 10.3. The lowest BCUT2D eigenvalue weighted by Gasteiger charge is -2.06. The molecule has 0 atom stereocenters. The zero-order valence-electron chi connectivity index (χ0n) is 8.10. The molecule has 0 aromatic heterocycles. The van der Waals surface area contributed by atoms with Crippen LogP contribution < -0.4 is 0 Å². The number of carbonyl (C=O) groups is 3. The number of amides is 3. The number of urea groups is 1. The van der Waals surface area contributed by atoms with Gasteiger partial charge < -0.3 is 4.74 Å². The summed E-state index contributed by atoms with van der Waals surface area (Å²) >= 11 is 0. The zero-order chi connectivity index (χ0) is 10.9. The van der Waals surface area contributed by atoms with Crippen LogP contribution in [-0.2, 0) is 14.3 Å². The van der Waals surface area contributed by atoms with Gasteiger partial charge >= 0.3 is 12.0 Å². The first kappa shape index (κ1) is 10.2. The van der Waals surface area contributed by atoms with Crippen LogP contribution >= 0.6 is 0 Å². The van der Waals surface area contributed by atoms with Gasteiger partial charge in [0.1, 0.15) is 5.70 Å². The summed E-state index contributed by atoms with van der Waals surface area (Å²) in [4.78, 5) is 35.5. The van der Waals surface area contributed by atoms with Crippen molar-refractivity contribution in [3.63, 3.8) is 0 Å². The second-order valence-corrected chi connectivity index (χ2v) is 2.76. The third-order valence-corrected chi connectivity index (χ3v) is 1.91. The van der Waals surface area contributed by atoms with Crippen molar-refractivity contribution in [2.24, 2.45) is 0 Å². The van der Waals surface area contributed by atoms with Crippen molar-refractivity contribution in [2.75, 3.05) is 21.2 Å². The minimum absolute atomic E-state index is 0.0179. The molecule has 6 nitrogen and oxygen atoms in total. The molecule has 0 aliphatic carbocycles. The summed E-state index contributed by atoms with van der Waals surface area (Å²) in [5.74, 6) is -1.17. The Morgan fingerprint density at radius 2 is 1.86 bits per heavy atom. The van der Waals surface area contributed by atoms with Crippen molar-refractivity contribution in [3.05, 3.63) is 11.8 Å². The van der Waals surface area contributed by atoms with Crippen molar-refractivity contribution in [1.82, 2.24) is 9.80 Å². The van der Waals surface area contributed by atoms with Crippen LogP contribution in [0.4, 0.5) is 4.79 Å². The fourth-order valence-corrected chi connectivity index (χ4v) is 1.06. The van der Waals surface area contributed by atoms with Gasteiger partial charge in [0.15, 0.2) is 0 Å². The van der Waals surface area contributed by atoms with Crippen LogP contribution in [0.25, 0.3) is 0 Å². The van der Waals surface area contributed by atoms with Crippen LogP contribution in [0.15, 0.2) is 11.8 Å². The molecule has 1 fully saturated rings. The number of esters is 1. The van der Waals surface area contributed by atoms with E-state index in [0.29, 0.717) is 0 Å². The van der Waals surface area contributed by atoms with Gasteiger partial charge in [0.25, 0.3) is 5.91 Å². The predicted octanol–water partition coefficient (Wildman–Crippen LogP) is -0.433. The maximum Gasteiger partial charge on any atom is 0.332 e. The summed E-state index contributed by atoms with van der Waals surface area (Å²) in [6.07, 6.45) is 0.990. The van der Waals surface area contributed by atoms with E-state index in [1.807, 2.05) is 0 Å². The number of hydrogen-bond acceptors (Lipinski definition) is 4. The molecule has 14 heavy (non-hydrogen) atoms. The Morgan fingerprint density at radius 3 is 2.21 bits per heavy atom. The van der Waals surface area contributed by atoms with Crippen molar-refractivity contribution in [1.29, 1.82) is 0 Å². The standard InChI is InChI=1S/C8H10N2O4/c1-9-5(4-6(11)14-3)7(12)10(2)8(9)13/h4H,1-3H3. The highest BCUT2D eigenvalue weighted by Crippen LogP contribution is 2.16. The van der Waals surface area contributed by atoms with Crippen LogP contribution in [0, 0.1) is 0 Å². The molecule has 1 heterocycles. The van der Waals surface area contributed by atoms with Crippen molar-refractivity contribution >= 4 is 17.9 Å². The lowest BCUT2D eigenvalue weighted by molar-refractivity contribution is -0.135. The van der Waals surface area contributed by atoms with Gasteiger partial charge in [-0.2, -0.15) is 0 Å². The summed E-state index contributed by atoms with van der Waals surface area (Å²) in [5, 5.41) is 0. The van der Waals surface area contributed by atoms with Crippen LogP contribution in [0.3, 0.4) is 0 Å². The van der Waals surface area contributed by atoms with E-state index in [1.54, 1.807) is 0 Å². The highest BCUT2D eigenvalue weighted by molar-refractivity contribution is 6.13. The number of carbonyl (C=O) groups excluding carboxylic acids is 3. The van der Waals surface area contributed by atoms with Crippen LogP contribution in [0.1, 0.15) is 0 Å². The molecule has 0 N–H and O–H groups in total. The number of methoxy groups -OCH3 is 1. The zero-order valence-corrected chi connectivity index (χ0v) is 8.10. The second kappa shape index (κ2) is 3.49. The van der Waals surface area contributed by atoms with Gasteiger partial charge in [-0.1, -0.05) is 0 Å². The Bertz CT molecular complexity index is 334. The van der Waals surface area contributed by atoms with Gasteiger partial charge in [0.05, 0.1) is 13.2 Å². The first-order valence-corrected chi connectivity index (χ1v) is 3.84. The van der Waals surface area contributed by atoms with E-state index in [-0.39, 0.29) is 5.70 Å². The average Bonchev–Trinajstić information content (AvgIpc) is 2.35. The third-order valence-electron chi connectivity index (χ3n) is 1.91. The largest absolute Gasteiger partial charge is 0.466 e. The minimum Gasteiger partial charge on any atom is -0.466 e. The molecule has 0 radical (unpaired) electrons. The first-order valence-electron chi connectivity index (χ1n) is 3.84. The lowest BCUT2D eigenvalue weighted by Crippen LogP contribution is -2.27. The van der Waals surface area contributed by atoms with Crippen LogP contribution in [0.5, 0.6) is 0 Å². The highest BCUT2D eigenvalue weighted by Gasteiger charge is 2.36. The fourth-order valence-electron chi connectivity index (χ4n) is 1.06.